The summed E-state index contributed by atoms with van der Waals surface area (Å²) in [5.41, 5.74) is 0.558. The third-order valence-corrected chi connectivity index (χ3v) is 2.88. The van der Waals surface area contributed by atoms with Gasteiger partial charge in [0, 0.05) is 19.0 Å². The fraction of sp³-hybridized carbons (Fsp3) is 0.364. The molecule has 0 aromatic heterocycles. The zero-order chi connectivity index (χ0) is 11.5. The highest BCUT2D eigenvalue weighted by molar-refractivity contribution is 6.33. The van der Waals surface area contributed by atoms with E-state index >= 15 is 0 Å². The van der Waals surface area contributed by atoms with Crippen molar-refractivity contribution in [1.82, 2.24) is 5.32 Å². The highest BCUT2D eigenvalue weighted by Crippen LogP contribution is 2.22. The molecule has 1 heterocycles. The molecule has 1 unspecified atom stereocenters. The number of anilines is 1. The van der Waals surface area contributed by atoms with E-state index in [9.17, 15) is 9.18 Å². The van der Waals surface area contributed by atoms with Gasteiger partial charge in [0.2, 0.25) is 5.91 Å². The number of benzene rings is 1. The number of rotatable bonds is 3. The van der Waals surface area contributed by atoms with E-state index in [4.69, 9.17) is 11.6 Å². The highest BCUT2D eigenvalue weighted by Gasteiger charge is 2.20. The predicted octanol–water partition coefficient (Wildman–Crippen LogP) is 2.17. The van der Waals surface area contributed by atoms with Crippen LogP contribution in [0.5, 0.6) is 0 Å². The first kappa shape index (κ1) is 11.2. The Balaban J connectivity index is 1.94. The van der Waals surface area contributed by atoms with Crippen LogP contribution < -0.4 is 10.6 Å². The maximum absolute atomic E-state index is 12.9. The Morgan fingerprint density at radius 3 is 3.06 bits per heavy atom. The Labute approximate surface area is 98.0 Å². The molecule has 0 radical (unpaired) electrons. The Hall–Kier alpha value is -1.29. The molecule has 2 rings (SSSR count). The molecule has 1 aliphatic rings. The Bertz CT molecular complexity index is 411. The molecule has 16 heavy (non-hydrogen) atoms. The van der Waals surface area contributed by atoms with Crippen LogP contribution in [-0.2, 0) is 4.79 Å². The minimum Gasteiger partial charge on any atom is -0.382 e. The molecule has 1 saturated heterocycles. The zero-order valence-electron chi connectivity index (χ0n) is 8.59. The number of nitrogens with one attached hydrogen (secondary N) is 2. The maximum Gasteiger partial charge on any atom is 0.220 e. The highest BCUT2D eigenvalue weighted by atomic mass is 35.5. The number of hydrogen-bond donors (Lipinski definition) is 2. The van der Waals surface area contributed by atoms with Gasteiger partial charge in [0.15, 0.2) is 0 Å². The lowest BCUT2D eigenvalue weighted by Crippen LogP contribution is -2.31. The average Bonchev–Trinajstić information content (AvgIpc) is 2.66. The van der Waals surface area contributed by atoms with Gasteiger partial charge in [-0.2, -0.15) is 0 Å². The van der Waals surface area contributed by atoms with E-state index in [1.54, 1.807) is 0 Å². The van der Waals surface area contributed by atoms with E-state index in [1.165, 1.54) is 18.2 Å². The lowest BCUT2D eigenvalue weighted by molar-refractivity contribution is -0.119. The first-order valence-corrected chi connectivity index (χ1v) is 5.51. The van der Waals surface area contributed by atoms with Crippen LogP contribution in [0, 0.1) is 5.82 Å². The van der Waals surface area contributed by atoms with E-state index in [0.717, 1.165) is 6.42 Å². The van der Waals surface area contributed by atoms with Crippen molar-refractivity contribution >= 4 is 23.2 Å². The van der Waals surface area contributed by atoms with Gasteiger partial charge in [-0.25, -0.2) is 4.39 Å². The molecule has 5 heteroatoms. The molecule has 1 aromatic rings. The van der Waals surface area contributed by atoms with Gasteiger partial charge >= 0.3 is 0 Å². The number of amides is 1. The van der Waals surface area contributed by atoms with Gasteiger partial charge in [-0.3, -0.25) is 4.79 Å². The van der Waals surface area contributed by atoms with Crippen LogP contribution in [-0.4, -0.2) is 18.5 Å². The maximum atomic E-state index is 12.9. The predicted molar refractivity (Wildman–Crippen MR) is 61.1 cm³/mol. The van der Waals surface area contributed by atoms with Crippen LogP contribution in [0.15, 0.2) is 18.2 Å². The topological polar surface area (TPSA) is 41.1 Å². The normalized spacial score (nSPS) is 19.6. The van der Waals surface area contributed by atoms with Crippen molar-refractivity contribution < 1.29 is 9.18 Å². The van der Waals surface area contributed by atoms with Gasteiger partial charge in [0.1, 0.15) is 5.82 Å². The summed E-state index contributed by atoms with van der Waals surface area (Å²) in [6, 6.07) is 4.27. The molecule has 1 aromatic carbocycles. The molecule has 1 amide bonds. The van der Waals surface area contributed by atoms with Gasteiger partial charge in [-0.1, -0.05) is 11.6 Å². The minimum atomic E-state index is -0.331. The lowest BCUT2D eigenvalue weighted by atomic mass is 10.2. The number of hydrogen-bond acceptors (Lipinski definition) is 2. The van der Waals surface area contributed by atoms with E-state index in [-0.39, 0.29) is 17.8 Å². The summed E-state index contributed by atoms with van der Waals surface area (Å²) >= 11 is 5.89. The summed E-state index contributed by atoms with van der Waals surface area (Å²) in [5.74, 6) is -0.264. The monoisotopic (exact) mass is 242 g/mol. The molecule has 1 fully saturated rings. The molecule has 2 N–H and O–H groups in total. The van der Waals surface area contributed by atoms with Crippen molar-refractivity contribution in [2.24, 2.45) is 0 Å². The van der Waals surface area contributed by atoms with Crippen molar-refractivity contribution in [2.45, 2.75) is 18.9 Å². The third kappa shape index (κ3) is 2.64. The zero-order valence-corrected chi connectivity index (χ0v) is 9.35. The molecule has 0 spiro atoms. The smallest absolute Gasteiger partial charge is 0.220 e. The second-order valence-corrected chi connectivity index (χ2v) is 4.22. The number of carbonyl (C=O) groups excluding carboxylic acids is 1. The third-order valence-electron chi connectivity index (χ3n) is 2.55. The van der Waals surface area contributed by atoms with Crippen LogP contribution in [0.2, 0.25) is 5.02 Å². The van der Waals surface area contributed by atoms with E-state index in [0.29, 0.717) is 23.7 Å². The van der Waals surface area contributed by atoms with E-state index in [1.807, 2.05) is 0 Å². The lowest BCUT2D eigenvalue weighted by Gasteiger charge is -2.13. The standard InChI is InChI=1S/C11H12ClFN2O/c12-9-3-1-7(13)5-10(9)14-6-8-2-4-11(16)15-8/h1,3,5,8,14H,2,4,6H2,(H,15,16). The first-order chi connectivity index (χ1) is 7.65. The second kappa shape index (κ2) is 4.70. The van der Waals surface area contributed by atoms with Gasteiger partial charge in [-0.05, 0) is 24.6 Å². The Kier molecular flexibility index (Phi) is 3.29. The Morgan fingerprint density at radius 1 is 1.56 bits per heavy atom. The van der Waals surface area contributed by atoms with Crippen molar-refractivity contribution in [3.63, 3.8) is 0 Å². The summed E-state index contributed by atoms with van der Waals surface area (Å²) in [4.78, 5) is 11.0. The summed E-state index contributed by atoms with van der Waals surface area (Å²) in [7, 11) is 0. The van der Waals surface area contributed by atoms with Gasteiger partial charge in [-0.15, -0.1) is 0 Å². The van der Waals surface area contributed by atoms with Crippen molar-refractivity contribution in [1.29, 1.82) is 0 Å². The van der Waals surface area contributed by atoms with Crippen LogP contribution in [0.3, 0.4) is 0 Å². The van der Waals surface area contributed by atoms with Crippen LogP contribution >= 0.6 is 11.6 Å². The summed E-state index contributed by atoms with van der Waals surface area (Å²) < 4.78 is 12.9. The van der Waals surface area contributed by atoms with Crippen molar-refractivity contribution in [2.75, 3.05) is 11.9 Å². The molecule has 3 nitrogen and oxygen atoms in total. The average molecular weight is 243 g/mol. The number of carbonyl (C=O) groups is 1. The van der Waals surface area contributed by atoms with Crippen LogP contribution in [0.25, 0.3) is 0 Å². The van der Waals surface area contributed by atoms with E-state index < -0.39 is 0 Å². The van der Waals surface area contributed by atoms with Crippen LogP contribution in [0.4, 0.5) is 10.1 Å². The summed E-state index contributed by atoms with van der Waals surface area (Å²) in [5, 5.41) is 6.33. The fourth-order valence-electron chi connectivity index (χ4n) is 1.70. The first-order valence-electron chi connectivity index (χ1n) is 5.13. The Morgan fingerprint density at radius 2 is 2.38 bits per heavy atom. The van der Waals surface area contributed by atoms with Crippen LogP contribution in [0.1, 0.15) is 12.8 Å². The van der Waals surface area contributed by atoms with E-state index in [2.05, 4.69) is 10.6 Å². The molecule has 1 aliphatic heterocycles. The van der Waals surface area contributed by atoms with Crippen molar-refractivity contribution in [3.05, 3.63) is 29.0 Å². The molecular weight excluding hydrogens is 231 g/mol. The molecule has 1 atom stereocenters. The largest absolute Gasteiger partial charge is 0.382 e. The summed E-state index contributed by atoms with van der Waals surface area (Å²) in [6.07, 6.45) is 1.36. The SMILES string of the molecule is O=C1CCC(CNc2cc(F)ccc2Cl)N1. The number of halogens is 2. The molecule has 0 bridgehead atoms. The molecule has 0 aliphatic carbocycles. The summed E-state index contributed by atoms with van der Waals surface area (Å²) in [6.45, 7) is 0.564. The van der Waals surface area contributed by atoms with Gasteiger partial charge in [0.25, 0.3) is 0 Å². The molecular formula is C11H12ClFN2O. The molecule has 86 valence electrons. The second-order valence-electron chi connectivity index (χ2n) is 3.81. The minimum absolute atomic E-state index is 0.0668. The van der Waals surface area contributed by atoms with Gasteiger partial charge < -0.3 is 10.6 Å². The quantitative estimate of drug-likeness (QED) is 0.853. The van der Waals surface area contributed by atoms with Gasteiger partial charge in [0.05, 0.1) is 10.7 Å². The molecule has 0 saturated carbocycles. The van der Waals surface area contributed by atoms with Crippen molar-refractivity contribution in [3.8, 4) is 0 Å². The fourth-order valence-corrected chi connectivity index (χ4v) is 1.88.